The van der Waals surface area contributed by atoms with Gasteiger partial charge in [0.15, 0.2) is 0 Å². The molecular weight excluding hydrogens is 353 g/mol. The van der Waals surface area contributed by atoms with Crippen LogP contribution in [0.1, 0.15) is 27.2 Å². The number of ether oxygens (including phenoxy) is 1. The molecule has 0 bridgehead atoms. The summed E-state index contributed by atoms with van der Waals surface area (Å²) in [6, 6.07) is 5.05. The lowest BCUT2D eigenvalue weighted by molar-refractivity contribution is -0.132. The molecule has 0 aliphatic carbocycles. The number of carbonyl (C=O) groups excluding carboxylic acids is 3. The maximum Gasteiger partial charge on any atom is 0.410 e. The van der Waals surface area contributed by atoms with E-state index < -0.39 is 17.7 Å². The number of anilines is 1. The molecule has 1 N–H and O–H groups in total. The smallest absolute Gasteiger partial charge is 0.410 e. The summed E-state index contributed by atoms with van der Waals surface area (Å²) in [5, 5.41) is 2.74. The number of halogens is 1. The molecule has 3 amide bonds. The Balaban J connectivity index is 1.48. The highest BCUT2D eigenvalue weighted by atomic mass is 19.1. The van der Waals surface area contributed by atoms with E-state index in [1.165, 1.54) is 34.1 Å². The zero-order chi connectivity index (χ0) is 19.8. The number of hydrogen-bond donors (Lipinski definition) is 1. The Morgan fingerprint density at radius 3 is 2.44 bits per heavy atom. The highest BCUT2D eigenvalue weighted by Crippen LogP contribution is 2.24. The van der Waals surface area contributed by atoms with Gasteiger partial charge >= 0.3 is 6.09 Å². The molecule has 2 aliphatic heterocycles. The molecule has 2 aliphatic rings. The van der Waals surface area contributed by atoms with E-state index in [4.69, 9.17) is 4.74 Å². The summed E-state index contributed by atoms with van der Waals surface area (Å²) in [4.78, 5) is 39.8. The average Bonchev–Trinajstić information content (AvgIpc) is 3.08. The third-order valence-corrected chi connectivity index (χ3v) is 4.59. The minimum absolute atomic E-state index is 0.225. The van der Waals surface area contributed by atoms with Crippen LogP contribution in [-0.2, 0) is 14.3 Å². The third-order valence-electron chi connectivity index (χ3n) is 4.59. The first-order valence-corrected chi connectivity index (χ1v) is 8.99. The number of rotatable bonds is 3. The van der Waals surface area contributed by atoms with Gasteiger partial charge in [-0.05, 0) is 51.5 Å². The van der Waals surface area contributed by atoms with E-state index >= 15 is 0 Å². The summed E-state index contributed by atoms with van der Waals surface area (Å²) in [6.45, 7) is 6.45. The van der Waals surface area contributed by atoms with Crippen molar-refractivity contribution in [3.8, 4) is 0 Å². The molecule has 2 saturated heterocycles. The number of β-lactam (4-membered cyclic amide) rings is 1. The van der Waals surface area contributed by atoms with Crippen molar-refractivity contribution >= 4 is 23.6 Å². The number of benzene rings is 1. The lowest BCUT2D eigenvalue weighted by atomic mass is 10.0. The molecule has 0 saturated carbocycles. The Hall–Kier alpha value is -2.64. The van der Waals surface area contributed by atoms with Gasteiger partial charge < -0.3 is 19.9 Å². The van der Waals surface area contributed by atoms with Gasteiger partial charge in [-0.1, -0.05) is 0 Å². The number of likely N-dealkylation sites (tertiary alicyclic amines) is 1. The molecule has 146 valence electrons. The van der Waals surface area contributed by atoms with Gasteiger partial charge in [-0.3, -0.25) is 9.59 Å². The lowest BCUT2D eigenvalue weighted by Crippen LogP contribution is -2.64. The Labute approximate surface area is 157 Å². The molecule has 8 heteroatoms. The predicted molar refractivity (Wildman–Crippen MR) is 96.6 cm³/mol. The lowest BCUT2D eigenvalue weighted by Gasteiger charge is -2.39. The topological polar surface area (TPSA) is 79.0 Å². The Kier molecular flexibility index (Phi) is 5.08. The number of nitrogens with one attached hydrogen (secondary N) is 1. The third kappa shape index (κ3) is 4.37. The van der Waals surface area contributed by atoms with Crippen LogP contribution < -0.4 is 10.2 Å². The first-order chi connectivity index (χ1) is 12.6. The number of nitrogens with zero attached hydrogens (tertiary/aromatic N) is 2. The van der Waals surface area contributed by atoms with Crippen molar-refractivity contribution in [2.75, 3.05) is 24.5 Å². The van der Waals surface area contributed by atoms with E-state index in [0.717, 1.165) is 0 Å². The average molecular weight is 377 g/mol. The first kappa shape index (κ1) is 19.1. The Morgan fingerprint density at radius 2 is 1.85 bits per heavy atom. The summed E-state index contributed by atoms with van der Waals surface area (Å²) in [5.74, 6) is -1.19. The molecule has 0 radical (unpaired) electrons. The van der Waals surface area contributed by atoms with Gasteiger partial charge in [0, 0.05) is 18.8 Å². The second kappa shape index (κ2) is 7.17. The van der Waals surface area contributed by atoms with Gasteiger partial charge in [-0.25, -0.2) is 9.18 Å². The van der Waals surface area contributed by atoms with E-state index in [0.29, 0.717) is 25.2 Å². The summed E-state index contributed by atoms with van der Waals surface area (Å²) in [6.07, 6.45) is 0.105. The van der Waals surface area contributed by atoms with Crippen LogP contribution in [0, 0.1) is 11.7 Å². The van der Waals surface area contributed by atoms with Crippen LogP contribution >= 0.6 is 0 Å². The number of carbonyl (C=O) groups is 3. The van der Waals surface area contributed by atoms with E-state index in [1.807, 2.05) is 0 Å². The summed E-state index contributed by atoms with van der Waals surface area (Å²) >= 11 is 0. The minimum atomic E-state index is -0.585. The standard InChI is InChI=1S/C19H24FN3O4/c1-19(2,3)27-18(26)22-9-8-12(10-22)16(24)21-15-11-23(17(15)25)14-6-4-13(20)5-7-14/h4-7,12,15H,8-11H2,1-3H3,(H,21,24)/t12-,15+/m0/s1. The maximum atomic E-state index is 13.0. The quantitative estimate of drug-likeness (QED) is 0.817. The summed E-state index contributed by atoms with van der Waals surface area (Å²) in [5.41, 5.74) is 0.0171. The Morgan fingerprint density at radius 1 is 1.19 bits per heavy atom. The molecule has 2 fully saturated rings. The van der Waals surface area contributed by atoms with E-state index in [2.05, 4.69) is 5.32 Å². The highest BCUT2D eigenvalue weighted by Gasteiger charge is 2.41. The number of hydrogen-bond acceptors (Lipinski definition) is 4. The predicted octanol–water partition coefficient (Wildman–Crippen LogP) is 1.91. The van der Waals surface area contributed by atoms with Gasteiger partial charge in [0.05, 0.1) is 12.5 Å². The van der Waals surface area contributed by atoms with Crippen LogP contribution in [0.2, 0.25) is 0 Å². The van der Waals surface area contributed by atoms with Crippen LogP contribution in [0.15, 0.2) is 24.3 Å². The van der Waals surface area contributed by atoms with Crippen molar-refractivity contribution in [2.24, 2.45) is 5.92 Å². The molecule has 3 rings (SSSR count). The highest BCUT2D eigenvalue weighted by molar-refractivity contribution is 6.05. The molecule has 1 aromatic carbocycles. The molecule has 0 spiro atoms. The zero-order valence-electron chi connectivity index (χ0n) is 15.7. The van der Waals surface area contributed by atoms with E-state index in [1.54, 1.807) is 20.8 Å². The van der Waals surface area contributed by atoms with Gasteiger partial charge in [0.1, 0.15) is 17.5 Å². The molecule has 27 heavy (non-hydrogen) atoms. The SMILES string of the molecule is CC(C)(C)OC(=O)N1CC[C@H](C(=O)N[C@@H]2CN(c3ccc(F)cc3)C2=O)C1. The van der Waals surface area contributed by atoms with Crippen molar-refractivity contribution in [1.29, 1.82) is 0 Å². The molecule has 2 heterocycles. The Bertz CT molecular complexity index is 744. The zero-order valence-corrected chi connectivity index (χ0v) is 15.7. The largest absolute Gasteiger partial charge is 0.444 e. The van der Waals surface area contributed by atoms with E-state index in [9.17, 15) is 18.8 Å². The molecule has 0 aromatic heterocycles. The van der Waals surface area contributed by atoms with E-state index in [-0.39, 0.29) is 30.1 Å². The van der Waals surface area contributed by atoms with Gasteiger partial charge in [0.25, 0.3) is 5.91 Å². The molecule has 2 atom stereocenters. The maximum absolute atomic E-state index is 13.0. The monoisotopic (exact) mass is 377 g/mol. The summed E-state index contributed by atoms with van der Waals surface area (Å²) in [7, 11) is 0. The van der Waals surface area contributed by atoms with Gasteiger partial charge in [0.2, 0.25) is 5.91 Å². The van der Waals surface area contributed by atoms with Crippen LogP contribution in [0.5, 0.6) is 0 Å². The van der Waals surface area contributed by atoms with Crippen LogP contribution in [0.25, 0.3) is 0 Å². The molecular formula is C19H24FN3O4. The molecule has 0 unspecified atom stereocenters. The molecule has 1 aromatic rings. The second-order valence-electron chi connectivity index (χ2n) is 7.90. The van der Waals surface area contributed by atoms with Crippen LogP contribution in [0.3, 0.4) is 0 Å². The van der Waals surface area contributed by atoms with Crippen molar-refractivity contribution in [3.63, 3.8) is 0 Å². The normalized spacial score (nSPS) is 22.4. The van der Waals surface area contributed by atoms with Gasteiger partial charge in [-0.15, -0.1) is 0 Å². The van der Waals surface area contributed by atoms with Crippen molar-refractivity contribution in [3.05, 3.63) is 30.1 Å². The fourth-order valence-corrected chi connectivity index (χ4v) is 3.14. The summed E-state index contributed by atoms with van der Waals surface area (Å²) < 4.78 is 18.3. The second-order valence-corrected chi connectivity index (χ2v) is 7.90. The van der Waals surface area contributed by atoms with Crippen LogP contribution in [-0.4, -0.2) is 54.1 Å². The molecule has 7 nitrogen and oxygen atoms in total. The van der Waals surface area contributed by atoms with Crippen molar-refractivity contribution in [1.82, 2.24) is 10.2 Å². The fourth-order valence-electron chi connectivity index (χ4n) is 3.14. The van der Waals surface area contributed by atoms with Crippen molar-refractivity contribution < 1.29 is 23.5 Å². The fraction of sp³-hybridized carbons (Fsp3) is 0.526. The minimum Gasteiger partial charge on any atom is -0.444 e. The first-order valence-electron chi connectivity index (χ1n) is 8.99. The van der Waals surface area contributed by atoms with Crippen molar-refractivity contribution in [2.45, 2.75) is 38.8 Å². The number of amides is 3. The van der Waals surface area contributed by atoms with Gasteiger partial charge in [-0.2, -0.15) is 0 Å². The van der Waals surface area contributed by atoms with Crippen LogP contribution in [0.4, 0.5) is 14.9 Å².